The molecule has 21 heavy (non-hydrogen) atoms. The normalized spacial score (nSPS) is 10.2. The maximum atomic E-state index is 13.6. The second-order valence-corrected chi connectivity index (χ2v) is 4.45. The first-order valence-corrected chi connectivity index (χ1v) is 6.00. The number of amides is 1. The molecule has 0 aliphatic heterocycles. The number of carbonyl (C=O) groups is 1. The number of hydrogen-bond donors (Lipinski definition) is 2. The van der Waals surface area contributed by atoms with Crippen molar-refractivity contribution in [3.05, 3.63) is 63.5 Å². The molecule has 0 unspecified atom stereocenters. The monoisotopic (exact) mass is 289 g/mol. The molecule has 0 aliphatic carbocycles. The van der Waals surface area contributed by atoms with Crippen molar-refractivity contribution in [1.82, 2.24) is 0 Å². The molecule has 0 bridgehead atoms. The number of halogens is 1. The maximum absolute atomic E-state index is 13.6. The van der Waals surface area contributed by atoms with Gasteiger partial charge in [0, 0.05) is 23.4 Å². The molecule has 0 aliphatic rings. The van der Waals surface area contributed by atoms with Crippen LogP contribution in [0.2, 0.25) is 0 Å². The van der Waals surface area contributed by atoms with Crippen LogP contribution >= 0.6 is 0 Å². The van der Waals surface area contributed by atoms with E-state index in [4.69, 9.17) is 5.73 Å². The van der Waals surface area contributed by atoms with Crippen LogP contribution in [0.3, 0.4) is 0 Å². The fourth-order valence-electron chi connectivity index (χ4n) is 1.80. The van der Waals surface area contributed by atoms with Crippen molar-refractivity contribution in [2.45, 2.75) is 6.92 Å². The van der Waals surface area contributed by atoms with E-state index in [9.17, 15) is 19.3 Å². The summed E-state index contributed by atoms with van der Waals surface area (Å²) in [6, 6.07) is 7.68. The maximum Gasteiger partial charge on any atom is 0.270 e. The molecular weight excluding hydrogens is 277 g/mol. The van der Waals surface area contributed by atoms with Gasteiger partial charge in [-0.3, -0.25) is 14.9 Å². The Labute approximate surface area is 119 Å². The van der Waals surface area contributed by atoms with E-state index in [0.717, 1.165) is 12.1 Å². The van der Waals surface area contributed by atoms with Crippen molar-refractivity contribution >= 4 is 23.0 Å². The number of carbonyl (C=O) groups excluding carboxylic acids is 1. The number of non-ortho nitro benzene ring substituents is 1. The average molecular weight is 289 g/mol. The zero-order valence-corrected chi connectivity index (χ0v) is 11.1. The molecule has 3 N–H and O–H groups in total. The predicted molar refractivity (Wildman–Crippen MR) is 76.6 cm³/mol. The Bertz CT molecular complexity index is 731. The molecule has 108 valence electrons. The van der Waals surface area contributed by atoms with Crippen LogP contribution in [0.4, 0.5) is 21.5 Å². The minimum absolute atomic E-state index is 0.0779. The van der Waals surface area contributed by atoms with Crippen LogP contribution in [-0.2, 0) is 0 Å². The van der Waals surface area contributed by atoms with Crippen molar-refractivity contribution in [1.29, 1.82) is 0 Å². The van der Waals surface area contributed by atoms with Crippen molar-refractivity contribution in [3.63, 3.8) is 0 Å². The molecule has 0 saturated heterocycles. The van der Waals surface area contributed by atoms with E-state index in [2.05, 4.69) is 5.32 Å². The number of nitro groups is 1. The van der Waals surface area contributed by atoms with E-state index >= 15 is 0 Å². The molecule has 0 atom stereocenters. The molecule has 0 aromatic heterocycles. The molecule has 0 spiro atoms. The summed E-state index contributed by atoms with van der Waals surface area (Å²) in [5.74, 6) is -1.28. The number of anilines is 2. The van der Waals surface area contributed by atoms with Crippen molar-refractivity contribution < 1.29 is 14.1 Å². The predicted octanol–water partition coefficient (Wildman–Crippen LogP) is 2.88. The number of rotatable bonds is 3. The van der Waals surface area contributed by atoms with E-state index in [0.29, 0.717) is 11.3 Å². The molecular formula is C14H12FN3O3. The van der Waals surface area contributed by atoms with Crippen LogP contribution in [-0.4, -0.2) is 10.8 Å². The second kappa shape index (κ2) is 5.58. The lowest BCUT2D eigenvalue weighted by atomic mass is 10.1. The smallest absolute Gasteiger partial charge is 0.270 e. The summed E-state index contributed by atoms with van der Waals surface area (Å²) in [5, 5.41) is 13.1. The van der Waals surface area contributed by atoms with Gasteiger partial charge in [-0.25, -0.2) is 4.39 Å². The third-order valence-corrected chi connectivity index (χ3v) is 2.92. The van der Waals surface area contributed by atoms with Gasteiger partial charge in [-0.2, -0.15) is 0 Å². The summed E-state index contributed by atoms with van der Waals surface area (Å²) in [5.41, 5.74) is 6.18. The fourth-order valence-corrected chi connectivity index (χ4v) is 1.80. The molecule has 2 aromatic carbocycles. The zero-order chi connectivity index (χ0) is 15.6. The molecule has 0 radical (unpaired) electrons. The number of nitrogens with two attached hydrogens (primary N) is 1. The Balaban J connectivity index is 2.34. The summed E-state index contributed by atoms with van der Waals surface area (Å²) in [4.78, 5) is 22.3. The Morgan fingerprint density at radius 3 is 2.67 bits per heavy atom. The lowest BCUT2D eigenvalue weighted by Crippen LogP contribution is -2.15. The molecule has 0 heterocycles. The van der Waals surface area contributed by atoms with Crippen molar-refractivity contribution in [3.8, 4) is 0 Å². The zero-order valence-electron chi connectivity index (χ0n) is 11.1. The third-order valence-electron chi connectivity index (χ3n) is 2.92. The SMILES string of the molecule is Cc1ccc([N+](=O)[O-])cc1C(=O)Nc1cc(N)ccc1F. The highest BCUT2D eigenvalue weighted by Crippen LogP contribution is 2.21. The molecule has 0 saturated carbocycles. The number of hydrogen-bond acceptors (Lipinski definition) is 4. The summed E-state index contributed by atoms with van der Waals surface area (Å²) in [6.07, 6.45) is 0. The Kier molecular flexibility index (Phi) is 3.84. The molecule has 1 amide bonds. The fraction of sp³-hybridized carbons (Fsp3) is 0.0714. The second-order valence-electron chi connectivity index (χ2n) is 4.45. The van der Waals surface area contributed by atoms with E-state index < -0.39 is 16.6 Å². The topological polar surface area (TPSA) is 98.3 Å². The van der Waals surface area contributed by atoms with Gasteiger partial charge in [0.15, 0.2) is 0 Å². The molecule has 2 rings (SSSR count). The van der Waals surface area contributed by atoms with Crippen molar-refractivity contribution in [2.75, 3.05) is 11.1 Å². The summed E-state index contributed by atoms with van der Waals surface area (Å²) < 4.78 is 13.6. The van der Waals surface area contributed by atoms with Gasteiger partial charge in [-0.1, -0.05) is 6.07 Å². The van der Waals surface area contributed by atoms with Gasteiger partial charge in [-0.15, -0.1) is 0 Å². The largest absolute Gasteiger partial charge is 0.399 e. The highest BCUT2D eigenvalue weighted by Gasteiger charge is 2.16. The van der Waals surface area contributed by atoms with E-state index in [1.54, 1.807) is 6.92 Å². The number of aryl methyl sites for hydroxylation is 1. The van der Waals surface area contributed by atoms with E-state index in [-0.39, 0.29) is 16.9 Å². The van der Waals surface area contributed by atoms with Crippen LogP contribution in [0, 0.1) is 22.9 Å². The third kappa shape index (κ3) is 3.14. The average Bonchev–Trinajstić information content (AvgIpc) is 2.43. The Morgan fingerprint density at radius 2 is 2.00 bits per heavy atom. The highest BCUT2D eigenvalue weighted by molar-refractivity contribution is 6.05. The van der Waals surface area contributed by atoms with Crippen LogP contribution in [0.5, 0.6) is 0 Å². The summed E-state index contributed by atoms with van der Waals surface area (Å²) in [6.45, 7) is 1.63. The van der Waals surface area contributed by atoms with Crippen LogP contribution in [0.25, 0.3) is 0 Å². The van der Waals surface area contributed by atoms with Crippen LogP contribution < -0.4 is 11.1 Å². The van der Waals surface area contributed by atoms with Crippen molar-refractivity contribution in [2.24, 2.45) is 0 Å². The van der Waals surface area contributed by atoms with Gasteiger partial charge in [0.25, 0.3) is 11.6 Å². The van der Waals surface area contributed by atoms with Crippen LogP contribution in [0.1, 0.15) is 15.9 Å². The van der Waals surface area contributed by atoms with E-state index in [1.165, 1.54) is 24.3 Å². The number of nitro benzene ring substituents is 1. The van der Waals surface area contributed by atoms with Gasteiger partial charge >= 0.3 is 0 Å². The highest BCUT2D eigenvalue weighted by atomic mass is 19.1. The van der Waals surface area contributed by atoms with Gasteiger partial charge in [0.05, 0.1) is 10.6 Å². The Morgan fingerprint density at radius 1 is 1.29 bits per heavy atom. The number of nitrogens with one attached hydrogen (secondary N) is 1. The summed E-state index contributed by atoms with van der Waals surface area (Å²) >= 11 is 0. The number of benzene rings is 2. The minimum atomic E-state index is -0.638. The van der Waals surface area contributed by atoms with Crippen LogP contribution in [0.15, 0.2) is 36.4 Å². The van der Waals surface area contributed by atoms with E-state index in [1.807, 2.05) is 0 Å². The quantitative estimate of drug-likeness (QED) is 0.515. The standard InChI is InChI=1S/C14H12FN3O3/c1-8-2-4-10(18(20)21)7-11(8)14(19)17-13-6-9(16)3-5-12(13)15/h2-7H,16H2,1H3,(H,17,19). The first-order valence-electron chi connectivity index (χ1n) is 6.00. The van der Waals surface area contributed by atoms with Gasteiger partial charge in [0.1, 0.15) is 5.82 Å². The lowest BCUT2D eigenvalue weighted by molar-refractivity contribution is -0.384. The summed E-state index contributed by atoms with van der Waals surface area (Å²) in [7, 11) is 0. The molecule has 2 aromatic rings. The van der Waals surface area contributed by atoms with Gasteiger partial charge in [0.2, 0.25) is 0 Å². The molecule has 7 heteroatoms. The first kappa shape index (κ1) is 14.4. The lowest BCUT2D eigenvalue weighted by Gasteiger charge is -2.09. The first-order chi connectivity index (χ1) is 9.88. The Hall–Kier alpha value is -2.96. The van der Waals surface area contributed by atoms with Gasteiger partial charge < -0.3 is 11.1 Å². The minimum Gasteiger partial charge on any atom is -0.399 e. The number of nitrogens with zero attached hydrogens (tertiary/aromatic N) is 1. The number of nitrogen functional groups attached to an aromatic ring is 1. The van der Waals surface area contributed by atoms with Gasteiger partial charge in [-0.05, 0) is 30.7 Å². The molecule has 0 fully saturated rings. The molecule has 6 nitrogen and oxygen atoms in total.